The van der Waals surface area contributed by atoms with Crippen molar-refractivity contribution in [1.82, 2.24) is 8.75 Å². The van der Waals surface area contributed by atoms with E-state index in [2.05, 4.69) is 24.2 Å². The number of nitrogens with zero attached hydrogens (tertiary/aromatic N) is 3. The molecule has 4 aromatic rings. The number of hydrogen-bond acceptors (Lipinski definition) is 8. The zero-order valence-corrected chi connectivity index (χ0v) is 18.4. The van der Waals surface area contributed by atoms with Gasteiger partial charge in [0.2, 0.25) is 0 Å². The van der Waals surface area contributed by atoms with Gasteiger partial charge < -0.3 is 10.6 Å². The summed E-state index contributed by atoms with van der Waals surface area (Å²) in [6.45, 7) is 6.62. The number of nitrogens with one attached hydrogen (secondary N) is 4. The van der Waals surface area contributed by atoms with Crippen LogP contribution in [0.25, 0.3) is 4.85 Å². The third kappa shape index (κ3) is 5.34. The van der Waals surface area contributed by atoms with Crippen LogP contribution in [0.2, 0.25) is 0 Å². The minimum absolute atomic E-state index is 0.00847. The molecule has 0 bridgehead atoms. The number of H-pyrrole nitrogens is 2. The number of benzene rings is 2. The average molecular weight is 495 g/mol. The van der Waals surface area contributed by atoms with Crippen LogP contribution in [0, 0.1) is 40.9 Å². The molecular weight excluding hydrogens is 484 g/mol. The summed E-state index contributed by atoms with van der Waals surface area (Å²) in [5, 5.41) is 23.8. The fraction of sp³-hybridized carbons (Fsp3) is 0. The molecule has 2 aromatic carbocycles. The second-order valence-corrected chi connectivity index (χ2v) is 7.85. The lowest BCUT2D eigenvalue weighted by Crippen LogP contribution is -2.03. The number of hydrogen-bond donors (Lipinski definition) is 4. The van der Waals surface area contributed by atoms with Gasteiger partial charge in [-0.25, -0.2) is 13.6 Å². The summed E-state index contributed by atoms with van der Waals surface area (Å²) >= 11 is 1.97. The first kappa shape index (κ1) is 23.9. The highest BCUT2D eigenvalue weighted by Gasteiger charge is 2.14. The zero-order valence-electron chi connectivity index (χ0n) is 16.8. The Bertz CT molecular complexity index is 1540. The van der Waals surface area contributed by atoms with E-state index in [1.54, 1.807) is 6.07 Å². The molecule has 0 unspecified atom stereocenters. The van der Waals surface area contributed by atoms with Crippen LogP contribution < -0.4 is 21.8 Å². The van der Waals surface area contributed by atoms with Crippen molar-refractivity contribution in [1.29, 1.82) is 10.5 Å². The summed E-state index contributed by atoms with van der Waals surface area (Å²) in [7, 11) is 0. The molecule has 0 saturated carbocycles. The van der Waals surface area contributed by atoms with Gasteiger partial charge in [0.1, 0.15) is 33.8 Å². The van der Waals surface area contributed by atoms with E-state index in [1.807, 2.05) is 36.4 Å². The Kier molecular flexibility index (Phi) is 7.52. The molecule has 2 heterocycles. The standard InChI is InChI=1S/C11H4F2N4OS.C10H7N3OS/c1-15-9-7(12)2-5(3-8(9)13)16-11-6(4-14)10(18)17-19-11;11-6-8-9(14)13-15-10(8)12-7-4-2-1-3-5-7/h2-3,16H,(H,17,18);1-5,12H,(H,13,14). The molecule has 0 aliphatic carbocycles. The highest BCUT2D eigenvalue weighted by molar-refractivity contribution is 7.10. The molecule has 0 amide bonds. The molecule has 0 saturated heterocycles. The summed E-state index contributed by atoms with van der Waals surface area (Å²) in [4.78, 5) is 25.1. The molecule has 2 aromatic heterocycles. The van der Waals surface area contributed by atoms with Gasteiger partial charge in [0, 0.05) is 11.4 Å². The van der Waals surface area contributed by atoms with Crippen LogP contribution in [-0.2, 0) is 0 Å². The third-order valence-electron chi connectivity index (χ3n) is 4.04. The number of aromatic amines is 2. The average Bonchev–Trinajstić information content (AvgIpc) is 3.35. The van der Waals surface area contributed by atoms with Crippen molar-refractivity contribution in [2.24, 2.45) is 0 Å². The van der Waals surface area contributed by atoms with E-state index in [-0.39, 0.29) is 27.4 Å². The molecular formula is C21H11F2N7O2S2. The molecule has 0 atom stereocenters. The largest absolute Gasteiger partial charge is 0.345 e. The van der Waals surface area contributed by atoms with E-state index in [9.17, 15) is 18.4 Å². The minimum atomic E-state index is -1.01. The predicted molar refractivity (Wildman–Crippen MR) is 125 cm³/mol. The molecule has 4 N–H and O–H groups in total. The van der Waals surface area contributed by atoms with Crippen LogP contribution >= 0.6 is 23.1 Å². The van der Waals surface area contributed by atoms with Crippen molar-refractivity contribution in [2.75, 3.05) is 10.6 Å². The molecule has 0 aliphatic rings. The lowest BCUT2D eigenvalue weighted by atomic mass is 10.2. The Hall–Kier alpha value is -4.77. The normalized spacial score (nSPS) is 9.62. The topological polar surface area (TPSA) is 142 Å². The Morgan fingerprint density at radius 1 is 0.853 bits per heavy atom. The summed E-state index contributed by atoms with van der Waals surface area (Å²) in [5.41, 5.74) is -0.801. The lowest BCUT2D eigenvalue weighted by molar-refractivity contribution is 0.595. The zero-order chi connectivity index (χ0) is 24.7. The van der Waals surface area contributed by atoms with Gasteiger partial charge in [-0.15, -0.1) is 0 Å². The van der Waals surface area contributed by atoms with Crippen molar-refractivity contribution >= 4 is 50.1 Å². The van der Waals surface area contributed by atoms with Gasteiger partial charge in [-0.05, 0) is 47.3 Å². The second kappa shape index (κ2) is 10.7. The van der Waals surface area contributed by atoms with Gasteiger partial charge in [0.05, 0.1) is 6.57 Å². The molecule has 0 aliphatic heterocycles. The van der Waals surface area contributed by atoms with Gasteiger partial charge in [-0.1, -0.05) is 18.2 Å². The lowest BCUT2D eigenvalue weighted by Gasteiger charge is -2.05. The van der Waals surface area contributed by atoms with Crippen LogP contribution in [0.1, 0.15) is 11.1 Å². The number of halogens is 2. The first-order chi connectivity index (χ1) is 16.4. The summed E-state index contributed by atoms with van der Waals surface area (Å²) < 4.78 is 31.6. The van der Waals surface area contributed by atoms with Crippen molar-refractivity contribution in [2.45, 2.75) is 0 Å². The van der Waals surface area contributed by atoms with Crippen molar-refractivity contribution in [3.05, 3.63) is 97.4 Å². The molecule has 9 nitrogen and oxygen atoms in total. The minimum Gasteiger partial charge on any atom is -0.345 e. The first-order valence-electron chi connectivity index (χ1n) is 9.06. The number of aromatic nitrogens is 2. The Morgan fingerprint density at radius 2 is 1.32 bits per heavy atom. The Balaban J connectivity index is 0.000000196. The van der Waals surface area contributed by atoms with E-state index in [0.717, 1.165) is 40.9 Å². The van der Waals surface area contributed by atoms with Crippen molar-refractivity contribution in [3.8, 4) is 12.1 Å². The van der Waals surface area contributed by atoms with Gasteiger partial charge in [-0.3, -0.25) is 18.3 Å². The van der Waals surface area contributed by atoms with Crippen molar-refractivity contribution < 1.29 is 8.78 Å². The SMILES string of the molecule is N#Cc1c(Nc2ccccc2)s[nH]c1=O.[C-]#[N+]c1c(F)cc(Nc2s[nH]c(=O)c2C#N)cc1F. The predicted octanol–water partition coefficient (Wildman–Crippen LogP) is 4.93. The number of para-hydroxylation sites is 1. The quantitative estimate of drug-likeness (QED) is 0.296. The maximum Gasteiger partial charge on any atom is 0.278 e. The summed E-state index contributed by atoms with van der Waals surface area (Å²) in [6, 6.07) is 14.8. The number of rotatable bonds is 4. The molecule has 0 radical (unpaired) electrons. The van der Waals surface area contributed by atoms with E-state index < -0.39 is 22.9 Å². The summed E-state index contributed by atoms with van der Waals surface area (Å²) in [5.74, 6) is -2.03. The van der Waals surface area contributed by atoms with E-state index in [0.29, 0.717) is 5.00 Å². The van der Waals surface area contributed by atoms with Gasteiger partial charge in [0.25, 0.3) is 16.8 Å². The van der Waals surface area contributed by atoms with E-state index in [4.69, 9.17) is 17.1 Å². The highest BCUT2D eigenvalue weighted by atomic mass is 32.1. The van der Waals surface area contributed by atoms with Crippen LogP contribution in [0.15, 0.2) is 52.1 Å². The fourth-order valence-corrected chi connectivity index (χ4v) is 3.92. The Morgan fingerprint density at radius 3 is 1.76 bits per heavy atom. The van der Waals surface area contributed by atoms with Crippen LogP contribution in [0.5, 0.6) is 0 Å². The van der Waals surface area contributed by atoms with Gasteiger partial charge in [-0.2, -0.15) is 10.5 Å². The third-order valence-corrected chi connectivity index (χ3v) is 5.64. The molecule has 4 rings (SSSR count). The van der Waals surface area contributed by atoms with Crippen LogP contribution in [0.3, 0.4) is 0 Å². The maximum atomic E-state index is 13.4. The molecule has 0 spiro atoms. The number of anilines is 4. The fourth-order valence-electron chi connectivity index (χ4n) is 2.51. The highest BCUT2D eigenvalue weighted by Crippen LogP contribution is 2.29. The smallest absolute Gasteiger partial charge is 0.278 e. The van der Waals surface area contributed by atoms with Gasteiger partial charge >= 0.3 is 0 Å². The van der Waals surface area contributed by atoms with Crippen molar-refractivity contribution in [3.63, 3.8) is 0 Å². The number of nitriles is 2. The Labute approximate surface area is 198 Å². The molecule has 168 valence electrons. The maximum absolute atomic E-state index is 13.4. The van der Waals surface area contributed by atoms with E-state index in [1.165, 1.54) is 0 Å². The van der Waals surface area contributed by atoms with E-state index >= 15 is 0 Å². The van der Waals surface area contributed by atoms with Crippen LogP contribution in [0.4, 0.5) is 35.8 Å². The van der Waals surface area contributed by atoms with Crippen LogP contribution in [-0.4, -0.2) is 8.75 Å². The molecule has 0 fully saturated rings. The molecule has 34 heavy (non-hydrogen) atoms. The second-order valence-electron chi connectivity index (χ2n) is 6.21. The van der Waals surface area contributed by atoms with Gasteiger partial charge in [0.15, 0.2) is 11.1 Å². The summed E-state index contributed by atoms with van der Waals surface area (Å²) in [6.07, 6.45) is 0. The molecule has 13 heteroatoms. The first-order valence-corrected chi connectivity index (χ1v) is 10.7. The monoisotopic (exact) mass is 495 g/mol.